The minimum absolute atomic E-state index is 0.164. The van der Waals surface area contributed by atoms with Gasteiger partial charge in [0.2, 0.25) is 0 Å². The summed E-state index contributed by atoms with van der Waals surface area (Å²) >= 11 is 3.56. The molecule has 4 aromatic rings. The zero-order valence-corrected chi connectivity index (χ0v) is 19.5. The van der Waals surface area contributed by atoms with Crippen molar-refractivity contribution in [3.05, 3.63) is 82.7 Å². The molecule has 0 amide bonds. The van der Waals surface area contributed by atoms with E-state index in [-0.39, 0.29) is 5.56 Å². The van der Waals surface area contributed by atoms with E-state index in [0.29, 0.717) is 11.8 Å². The summed E-state index contributed by atoms with van der Waals surface area (Å²) in [5, 5.41) is 3.72. The first-order valence-corrected chi connectivity index (χ1v) is 11.9. The molecule has 1 saturated carbocycles. The first-order chi connectivity index (χ1) is 16.1. The lowest BCUT2D eigenvalue weighted by atomic mass is 9.95. The van der Waals surface area contributed by atoms with Crippen molar-refractivity contribution < 1.29 is 13.9 Å². The summed E-state index contributed by atoms with van der Waals surface area (Å²) < 4.78 is 22.0. The third kappa shape index (κ3) is 4.78. The van der Waals surface area contributed by atoms with E-state index in [0.717, 1.165) is 40.0 Å². The van der Waals surface area contributed by atoms with E-state index in [1.807, 2.05) is 30.5 Å². The van der Waals surface area contributed by atoms with Crippen LogP contribution in [0.3, 0.4) is 0 Å². The number of hydrogen-bond donors (Lipinski definition) is 1. The fraction of sp³-hybridized carbons (Fsp3) is 0.231. The predicted octanol–water partition coefficient (Wildman–Crippen LogP) is 6.87. The van der Waals surface area contributed by atoms with Gasteiger partial charge in [0.1, 0.15) is 28.7 Å². The van der Waals surface area contributed by atoms with E-state index in [1.165, 1.54) is 43.5 Å². The number of rotatable bonds is 5. The van der Waals surface area contributed by atoms with Crippen molar-refractivity contribution in [3.63, 3.8) is 0 Å². The number of pyridine rings is 1. The summed E-state index contributed by atoms with van der Waals surface area (Å²) in [7, 11) is 0. The number of imidazole rings is 1. The van der Waals surface area contributed by atoms with E-state index in [1.54, 1.807) is 12.1 Å². The van der Waals surface area contributed by atoms with Crippen molar-refractivity contribution in [2.45, 2.75) is 38.1 Å². The quantitative estimate of drug-likeness (QED) is 0.236. The van der Waals surface area contributed by atoms with Crippen LogP contribution < -0.4 is 10.1 Å². The van der Waals surface area contributed by atoms with Gasteiger partial charge >= 0.3 is 5.97 Å². The summed E-state index contributed by atoms with van der Waals surface area (Å²) in [6.07, 6.45) is 7.99. The number of carbonyl (C=O) groups excluding carboxylic acids is 1. The Hall–Kier alpha value is -3.19. The minimum Gasteiger partial charge on any atom is -0.423 e. The van der Waals surface area contributed by atoms with Crippen LogP contribution in [0.25, 0.3) is 16.9 Å². The molecule has 2 aromatic heterocycles. The van der Waals surface area contributed by atoms with Gasteiger partial charge in [-0.05, 0) is 71.2 Å². The zero-order valence-electron chi connectivity index (χ0n) is 17.9. The lowest BCUT2D eigenvalue weighted by molar-refractivity contribution is 0.0734. The molecule has 7 heteroatoms. The second kappa shape index (κ2) is 9.35. The van der Waals surface area contributed by atoms with Gasteiger partial charge in [0, 0.05) is 22.3 Å². The van der Waals surface area contributed by atoms with Gasteiger partial charge in [-0.25, -0.2) is 14.2 Å². The Morgan fingerprint density at radius 2 is 1.88 bits per heavy atom. The Morgan fingerprint density at radius 3 is 2.70 bits per heavy atom. The number of ether oxygens (including phenoxy) is 1. The smallest absolute Gasteiger partial charge is 0.343 e. The lowest BCUT2D eigenvalue weighted by Gasteiger charge is -2.24. The molecule has 1 aliphatic carbocycles. The van der Waals surface area contributed by atoms with Crippen molar-refractivity contribution in [2.75, 3.05) is 5.32 Å². The average molecular weight is 508 g/mol. The average Bonchev–Trinajstić information content (AvgIpc) is 3.17. The highest BCUT2D eigenvalue weighted by molar-refractivity contribution is 9.10. The van der Waals surface area contributed by atoms with Gasteiger partial charge in [0.25, 0.3) is 0 Å². The molecule has 0 aliphatic heterocycles. The van der Waals surface area contributed by atoms with Gasteiger partial charge in [-0.1, -0.05) is 37.5 Å². The third-order valence-corrected chi connectivity index (χ3v) is 6.38. The summed E-state index contributed by atoms with van der Waals surface area (Å²) in [5.41, 5.74) is 2.62. The van der Waals surface area contributed by atoms with E-state index >= 15 is 0 Å². The van der Waals surface area contributed by atoms with Crippen molar-refractivity contribution in [1.82, 2.24) is 9.38 Å². The Balaban J connectivity index is 1.49. The second-order valence-electron chi connectivity index (χ2n) is 8.29. The molecule has 1 N–H and O–H groups in total. The molecule has 0 radical (unpaired) electrons. The summed E-state index contributed by atoms with van der Waals surface area (Å²) in [5.74, 6) is 0.217. The van der Waals surface area contributed by atoms with Crippen molar-refractivity contribution in [1.29, 1.82) is 0 Å². The predicted molar refractivity (Wildman–Crippen MR) is 130 cm³/mol. The van der Waals surface area contributed by atoms with E-state index < -0.39 is 11.8 Å². The van der Waals surface area contributed by atoms with Crippen LogP contribution in [0.15, 0.2) is 71.3 Å². The molecule has 2 aromatic carbocycles. The second-order valence-corrected chi connectivity index (χ2v) is 9.21. The van der Waals surface area contributed by atoms with E-state index in [9.17, 15) is 9.18 Å². The molecule has 0 atom stereocenters. The molecule has 1 fully saturated rings. The van der Waals surface area contributed by atoms with Crippen LogP contribution in [0, 0.1) is 5.82 Å². The molecule has 5 nitrogen and oxygen atoms in total. The molecule has 0 saturated heterocycles. The highest BCUT2D eigenvalue weighted by Crippen LogP contribution is 2.34. The van der Waals surface area contributed by atoms with E-state index in [4.69, 9.17) is 9.72 Å². The first kappa shape index (κ1) is 21.6. The highest BCUT2D eigenvalue weighted by atomic mass is 79.9. The van der Waals surface area contributed by atoms with Crippen LogP contribution >= 0.6 is 15.9 Å². The van der Waals surface area contributed by atoms with Crippen LogP contribution in [0.5, 0.6) is 5.75 Å². The van der Waals surface area contributed by atoms with Crippen LogP contribution in [-0.4, -0.2) is 21.4 Å². The molecule has 33 heavy (non-hydrogen) atoms. The number of anilines is 1. The molecule has 1 aliphatic rings. The maximum absolute atomic E-state index is 13.5. The molecule has 0 unspecified atom stereocenters. The van der Waals surface area contributed by atoms with Crippen LogP contribution in [0.2, 0.25) is 0 Å². The Morgan fingerprint density at radius 1 is 1.06 bits per heavy atom. The minimum atomic E-state index is -0.605. The van der Waals surface area contributed by atoms with Gasteiger partial charge in [0.05, 0.1) is 5.56 Å². The van der Waals surface area contributed by atoms with Crippen molar-refractivity contribution in [3.8, 4) is 17.0 Å². The monoisotopic (exact) mass is 507 g/mol. The fourth-order valence-corrected chi connectivity index (χ4v) is 4.62. The molecular weight excluding hydrogens is 485 g/mol. The number of hydrogen-bond acceptors (Lipinski definition) is 4. The van der Waals surface area contributed by atoms with Gasteiger partial charge in [-0.2, -0.15) is 0 Å². The number of aromatic nitrogens is 2. The summed E-state index contributed by atoms with van der Waals surface area (Å²) in [6, 6.07) is 17.1. The number of nitrogens with zero attached hydrogens (tertiary/aromatic N) is 2. The van der Waals surface area contributed by atoms with Gasteiger partial charge < -0.3 is 10.1 Å². The van der Waals surface area contributed by atoms with Crippen molar-refractivity contribution >= 4 is 33.4 Å². The number of halogens is 2. The Bertz CT molecular complexity index is 1310. The fourth-order valence-electron chi connectivity index (χ4n) is 4.29. The molecular formula is C26H23BrFN3O2. The molecule has 2 heterocycles. The molecule has 0 spiro atoms. The first-order valence-electron chi connectivity index (χ1n) is 11.1. The van der Waals surface area contributed by atoms with Gasteiger partial charge in [-0.15, -0.1) is 0 Å². The van der Waals surface area contributed by atoms with Crippen molar-refractivity contribution in [2.24, 2.45) is 0 Å². The Labute approximate surface area is 199 Å². The number of fused-ring (bicyclic) bond motifs is 1. The number of nitrogens with one attached hydrogen (secondary N) is 1. The number of benzene rings is 2. The molecule has 168 valence electrons. The lowest BCUT2D eigenvalue weighted by Crippen LogP contribution is -2.23. The summed E-state index contributed by atoms with van der Waals surface area (Å²) in [4.78, 5) is 17.4. The molecule has 0 bridgehead atoms. The molecule has 5 rings (SSSR count). The standard InChI is InChI=1S/C26H23BrFN3O2/c27-19-12-13-23-30-24(25(31(23)16-19)29-21-9-2-1-3-10-21)17-6-5-11-22(15-17)33-26(32)18-7-4-8-20(28)14-18/h4-8,11-16,21,29H,1-3,9-10H2. The van der Waals surface area contributed by atoms with E-state index in [2.05, 4.69) is 25.6 Å². The largest absolute Gasteiger partial charge is 0.423 e. The van der Waals surface area contributed by atoms with Gasteiger partial charge in [0.15, 0.2) is 0 Å². The van der Waals surface area contributed by atoms with Gasteiger partial charge in [-0.3, -0.25) is 4.40 Å². The maximum atomic E-state index is 13.5. The zero-order chi connectivity index (χ0) is 22.8. The summed E-state index contributed by atoms with van der Waals surface area (Å²) in [6.45, 7) is 0. The highest BCUT2D eigenvalue weighted by Gasteiger charge is 2.20. The number of carbonyl (C=O) groups is 1. The van der Waals surface area contributed by atoms with Crippen LogP contribution in [0.1, 0.15) is 42.5 Å². The maximum Gasteiger partial charge on any atom is 0.343 e. The third-order valence-electron chi connectivity index (χ3n) is 5.91. The van der Waals surface area contributed by atoms with Crippen LogP contribution in [-0.2, 0) is 0 Å². The SMILES string of the molecule is O=C(Oc1cccc(-c2nc3ccc(Br)cn3c2NC2CCCCC2)c1)c1cccc(F)c1. The topological polar surface area (TPSA) is 55.6 Å². The number of esters is 1. The Kier molecular flexibility index (Phi) is 6.13. The normalized spacial score (nSPS) is 14.4. The van der Waals surface area contributed by atoms with Crippen LogP contribution in [0.4, 0.5) is 10.2 Å².